The van der Waals surface area contributed by atoms with Crippen molar-refractivity contribution in [2.24, 2.45) is 0 Å². The van der Waals surface area contributed by atoms with Crippen molar-refractivity contribution in [2.75, 3.05) is 14.2 Å². The molecule has 5 nitrogen and oxygen atoms in total. The third kappa shape index (κ3) is 4.24. The predicted octanol–water partition coefficient (Wildman–Crippen LogP) is 3.84. The summed E-state index contributed by atoms with van der Waals surface area (Å²) in [6, 6.07) is 12.7. The van der Waals surface area contributed by atoms with Crippen LogP contribution in [0.1, 0.15) is 31.1 Å². The third-order valence-electron chi connectivity index (χ3n) is 3.80. The highest BCUT2D eigenvalue weighted by atomic mass is 32.1. The molecular formula is C19H19NO4S2. The minimum absolute atomic E-state index is 0.212. The maximum absolute atomic E-state index is 12.4. The zero-order valence-corrected chi connectivity index (χ0v) is 16.0. The number of nitrogens with one attached hydrogen (secondary N) is 1. The first-order chi connectivity index (χ1) is 12.6. The van der Waals surface area contributed by atoms with Crippen LogP contribution < -0.4 is 14.8 Å². The Labute approximate surface area is 159 Å². The fraction of sp³-hybridized carbons (Fsp3) is 0.211. The van der Waals surface area contributed by atoms with E-state index < -0.39 is 6.10 Å². The summed E-state index contributed by atoms with van der Waals surface area (Å²) in [6.07, 6.45) is -0.618. The quantitative estimate of drug-likeness (QED) is 0.644. The lowest BCUT2D eigenvalue weighted by Gasteiger charge is -2.09. The van der Waals surface area contributed by atoms with E-state index in [1.54, 1.807) is 32.4 Å². The van der Waals surface area contributed by atoms with Crippen molar-refractivity contribution in [2.45, 2.75) is 12.6 Å². The van der Waals surface area contributed by atoms with Crippen molar-refractivity contribution in [1.82, 2.24) is 5.32 Å². The van der Waals surface area contributed by atoms with Crippen LogP contribution in [0.15, 0.2) is 47.8 Å². The van der Waals surface area contributed by atoms with E-state index in [-0.39, 0.29) is 5.91 Å². The average molecular weight is 389 g/mol. The SMILES string of the molecule is COc1cc(OC)cc(C(=O)NCc2ccc(C(O)c3cccs3)s2)c1. The van der Waals surface area contributed by atoms with Crippen LogP contribution in [0, 0.1) is 0 Å². The Balaban J connectivity index is 1.65. The molecule has 3 aromatic rings. The molecule has 2 N–H and O–H groups in total. The second-order valence-electron chi connectivity index (χ2n) is 5.51. The zero-order valence-electron chi connectivity index (χ0n) is 14.4. The lowest BCUT2D eigenvalue weighted by Crippen LogP contribution is -2.22. The summed E-state index contributed by atoms with van der Waals surface area (Å²) in [4.78, 5) is 15.2. The van der Waals surface area contributed by atoms with E-state index in [1.165, 1.54) is 22.7 Å². The van der Waals surface area contributed by atoms with Gasteiger partial charge in [-0.15, -0.1) is 22.7 Å². The number of carbonyl (C=O) groups excluding carboxylic acids is 1. The summed E-state index contributed by atoms with van der Waals surface area (Å²) < 4.78 is 10.4. The Morgan fingerprint density at radius 3 is 2.46 bits per heavy atom. The molecule has 0 spiro atoms. The van der Waals surface area contributed by atoms with Gasteiger partial charge in [-0.05, 0) is 35.7 Å². The summed E-state index contributed by atoms with van der Waals surface area (Å²) in [5.74, 6) is 0.912. The second-order valence-corrected chi connectivity index (χ2v) is 7.69. The Morgan fingerprint density at radius 1 is 1.12 bits per heavy atom. The van der Waals surface area contributed by atoms with Gasteiger partial charge in [-0.25, -0.2) is 0 Å². The molecule has 1 aromatic carbocycles. The number of carbonyl (C=O) groups is 1. The van der Waals surface area contributed by atoms with Gasteiger partial charge >= 0.3 is 0 Å². The number of rotatable bonds is 7. The Morgan fingerprint density at radius 2 is 1.85 bits per heavy atom. The highest BCUT2D eigenvalue weighted by Crippen LogP contribution is 2.31. The Hall–Kier alpha value is -2.35. The molecule has 0 bridgehead atoms. The monoisotopic (exact) mass is 389 g/mol. The topological polar surface area (TPSA) is 67.8 Å². The lowest BCUT2D eigenvalue weighted by atomic mass is 10.2. The van der Waals surface area contributed by atoms with Crippen LogP contribution in [0.4, 0.5) is 0 Å². The second kappa shape index (κ2) is 8.35. The summed E-state index contributed by atoms with van der Waals surface area (Å²) in [7, 11) is 3.09. The van der Waals surface area contributed by atoms with Gasteiger partial charge in [-0.1, -0.05) is 6.07 Å². The fourth-order valence-electron chi connectivity index (χ4n) is 2.43. The van der Waals surface area contributed by atoms with Gasteiger partial charge in [-0.3, -0.25) is 4.79 Å². The first-order valence-corrected chi connectivity index (χ1v) is 9.61. The lowest BCUT2D eigenvalue weighted by molar-refractivity contribution is 0.0950. The standard InChI is InChI=1S/C19H19NO4S2/c1-23-13-8-12(9-14(10-13)24-2)19(22)20-11-15-5-6-17(26-15)18(21)16-4-3-7-25-16/h3-10,18,21H,11H2,1-2H3,(H,20,22). The van der Waals surface area contributed by atoms with Crippen molar-refractivity contribution in [3.8, 4) is 11.5 Å². The highest BCUT2D eigenvalue weighted by Gasteiger charge is 2.15. The van der Waals surface area contributed by atoms with Gasteiger partial charge in [0.05, 0.1) is 20.8 Å². The first kappa shape index (κ1) is 18.4. The van der Waals surface area contributed by atoms with E-state index in [0.717, 1.165) is 14.6 Å². The molecule has 1 atom stereocenters. The molecule has 2 heterocycles. The molecule has 26 heavy (non-hydrogen) atoms. The molecular weight excluding hydrogens is 370 g/mol. The molecule has 0 radical (unpaired) electrons. The largest absolute Gasteiger partial charge is 0.497 e. The number of ether oxygens (including phenoxy) is 2. The van der Waals surface area contributed by atoms with E-state index in [4.69, 9.17) is 9.47 Å². The van der Waals surface area contributed by atoms with Crippen LogP contribution in [-0.4, -0.2) is 25.2 Å². The molecule has 0 aliphatic rings. The van der Waals surface area contributed by atoms with Crippen LogP contribution in [0.5, 0.6) is 11.5 Å². The number of amides is 1. The van der Waals surface area contributed by atoms with Crippen molar-refractivity contribution in [3.05, 3.63) is 68.0 Å². The van der Waals surface area contributed by atoms with Gasteiger partial charge in [0.2, 0.25) is 0 Å². The summed E-state index contributed by atoms with van der Waals surface area (Å²) in [5.41, 5.74) is 0.469. The van der Waals surface area contributed by atoms with E-state index in [9.17, 15) is 9.90 Å². The maximum Gasteiger partial charge on any atom is 0.251 e. The van der Waals surface area contributed by atoms with Gasteiger partial charge in [0.15, 0.2) is 0 Å². The van der Waals surface area contributed by atoms with Gasteiger partial charge < -0.3 is 19.9 Å². The van der Waals surface area contributed by atoms with Crippen LogP contribution in [0.25, 0.3) is 0 Å². The van der Waals surface area contributed by atoms with Crippen LogP contribution in [0.2, 0.25) is 0 Å². The average Bonchev–Trinajstić information content (AvgIpc) is 3.37. The summed E-state index contributed by atoms with van der Waals surface area (Å²) >= 11 is 3.01. The molecule has 0 saturated heterocycles. The Bertz CT molecular complexity index is 851. The van der Waals surface area contributed by atoms with Gasteiger partial charge in [0.1, 0.15) is 17.6 Å². The van der Waals surface area contributed by atoms with Crippen molar-refractivity contribution >= 4 is 28.6 Å². The minimum atomic E-state index is -0.618. The summed E-state index contributed by atoms with van der Waals surface area (Å²) in [6.45, 7) is 0.389. The number of aliphatic hydroxyl groups is 1. The van der Waals surface area contributed by atoms with E-state index in [0.29, 0.717) is 23.6 Å². The molecule has 0 saturated carbocycles. The fourth-order valence-corrected chi connectivity index (χ4v) is 4.19. The molecule has 0 aliphatic heterocycles. The van der Waals surface area contributed by atoms with Crippen molar-refractivity contribution in [3.63, 3.8) is 0 Å². The highest BCUT2D eigenvalue weighted by molar-refractivity contribution is 7.12. The Kier molecular flexibility index (Phi) is 5.92. The number of aliphatic hydroxyl groups excluding tert-OH is 1. The van der Waals surface area contributed by atoms with Crippen molar-refractivity contribution in [1.29, 1.82) is 0 Å². The number of hydrogen-bond donors (Lipinski definition) is 2. The summed E-state index contributed by atoms with van der Waals surface area (Å²) in [5, 5.41) is 15.2. The smallest absolute Gasteiger partial charge is 0.251 e. The number of methoxy groups -OCH3 is 2. The third-order valence-corrected chi connectivity index (χ3v) is 5.86. The molecule has 3 rings (SSSR count). The number of benzene rings is 1. The minimum Gasteiger partial charge on any atom is -0.497 e. The van der Waals surface area contributed by atoms with Gasteiger partial charge in [0.25, 0.3) is 5.91 Å². The molecule has 1 unspecified atom stereocenters. The molecule has 1 amide bonds. The molecule has 0 fully saturated rings. The van der Waals surface area contributed by atoms with E-state index in [1.807, 2.05) is 29.6 Å². The van der Waals surface area contributed by atoms with Crippen molar-refractivity contribution < 1.29 is 19.4 Å². The zero-order chi connectivity index (χ0) is 18.5. The van der Waals surface area contributed by atoms with Gasteiger partial charge in [0, 0.05) is 26.3 Å². The van der Waals surface area contributed by atoms with Gasteiger partial charge in [-0.2, -0.15) is 0 Å². The van der Waals surface area contributed by atoms with E-state index >= 15 is 0 Å². The van der Waals surface area contributed by atoms with E-state index in [2.05, 4.69) is 5.32 Å². The molecule has 2 aromatic heterocycles. The normalized spacial score (nSPS) is 11.8. The van der Waals surface area contributed by atoms with Crippen LogP contribution in [-0.2, 0) is 6.54 Å². The molecule has 0 aliphatic carbocycles. The number of thiophene rings is 2. The molecule has 7 heteroatoms. The molecule has 136 valence electrons. The van der Waals surface area contributed by atoms with Crippen LogP contribution in [0.3, 0.4) is 0 Å². The predicted molar refractivity (Wildman–Crippen MR) is 103 cm³/mol. The van der Waals surface area contributed by atoms with Crippen LogP contribution >= 0.6 is 22.7 Å². The maximum atomic E-state index is 12.4. The number of hydrogen-bond acceptors (Lipinski definition) is 6. The first-order valence-electron chi connectivity index (χ1n) is 7.92.